The number of hydrogen-bond acceptors (Lipinski definition) is 2. The molecule has 0 atom stereocenters. The van der Waals surface area contributed by atoms with Crippen LogP contribution in [0.2, 0.25) is 0 Å². The summed E-state index contributed by atoms with van der Waals surface area (Å²) in [5.74, 6) is 0.986. The number of carbonyl (C=O) groups excluding carboxylic acids is 1. The molecule has 2 heterocycles. The minimum absolute atomic E-state index is 0.0851. The monoisotopic (exact) mass is 241 g/mol. The average molecular weight is 241 g/mol. The van der Waals surface area contributed by atoms with Gasteiger partial charge in [-0.3, -0.25) is 4.79 Å². The number of hydrogen-bond donors (Lipinski definition) is 2. The van der Waals surface area contributed by atoms with E-state index in [1.807, 2.05) is 12.3 Å². The number of fused-ring (bicyclic) bond motifs is 2. The molecular formula is C14H15N3O. The fourth-order valence-corrected chi connectivity index (χ4v) is 2.78. The molecule has 4 heteroatoms. The first-order chi connectivity index (χ1) is 8.79. The largest absolute Gasteiger partial charge is 0.355 e. The summed E-state index contributed by atoms with van der Waals surface area (Å²) in [5.41, 5.74) is 2.22. The molecule has 1 amide bonds. The molecule has 2 aromatic rings. The quantitative estimate of drug-likeness (QED) is 0.854. The summed E-state index contributed by atoms with van der Waals surface area (Å²) in [7, 11) is 0. The molecule has 0 radical (unpaired) electrons. The van der Waals surface area contributed by atoms with E-state index in [-0.39, 0.29) is 11.3 Å². The molecular weight excluding hydrogens is 226 g/mol. The fraction of sp³-hybridized carbons (Fsp3) is 0.429. The third kappa shape index (κ3) is 1.38. The normalized spacial score (nSPS) is 27.9. The van der Waals surface area contributed by atoms with Crippen molar-refractivity contribution in [2.75, 3.05) is 6.54 Å². The number of aromatic amines is 1. The summed E-state index contributed by atoms with van der Waals surface area (Å²) in [6.07, 6.45) is 6.87. The van der Waals surface area contributed by atoms with Gasteiger partial charge in [-0.2, -0.15) is 0 Å². The van der Waals surface area contributed by atoms with Crippen LogP contribution < -0.4 is 5.32 Å². The lowest BCUT2D eigenvalue weighted by molar-refractivity contribution is -0.124. The van der Waals surface area contributed by atoms with Crippen LogP contribution in [0.1, 0.15) is 18.4 Å². The minimum Gasteiger partial charge on any atom is -0.355 e. The Labute approximate surface area is 105 Å². The van der Waals surface area contributed by atoms with Crippen molar-refractivity contribution in [3.63, 3.8) is 0 Å². The van der Waals surface area contributed by atoms with Crippen molar-refractivity contribution < 1.29 is 4.79 Å². The molecule has 2 N–H and O–H groups in total. The Balaban J connectivity index is 1.41. The molecule has 0 saturated heterocycles. The first-order valence-electron chi connectivity index (χ1n) is 6.49. The van der Waals surface area contributed by atoms with Gasteiger partial charge in [0.25, 0.3) is 0 Å². The highest BCUT2D eigenvalue weighted by molar-refractivity contribution is 5.90. The molecule has 0 aromatic carbocycles. The predicted octanol–water partition coefficient (Wildman–Crippen LogP) is 1.63. The number of amides is 1. The van der Waals surface area contributed by atoms with Crippen molar-refractivity contribution >= 4 is 16.9 Å². The van der Waals surface area contributed by atoms with Gasteiger partial charge in [0.05, 0.1) is 5.41 Å². The fourth-order valence-electron chi connectivity index (χ4n) is 2.78. The molecule has 4 rings (SSSR count). The van der Waals surface area contributed by atoms with Crippen LogP contribution in [0.3, 0.4) is 0 Å². The second kappa shape index (κ2) is 3.34. The van der Waals surface area contributed by atoms with Gasteiger partial charge in [0, 0.05) is 24.3 Å². The summed E-state index contributed by atoms with van der Waals surface area (Å²) in [6, 6.07) is 4.00. The van der Waals surface area contributed by atoms with Gasteiger partial charge in [0.2, 0.25) is 5.91 Å². The number of pyridine rings is 1. The van der Waals surface area contributed by atoms with Crippen LogP contribution in [0.25, 0.3) is 11.0 Å². The van der Waals surface area contributed by atoms with Crippen molar-refractivity contribution in [1.82, 2.24) is 15.3 Å². The predicted molar refractivity (Wildman–Crippen MR) is 68.0 cm³/mol. The van der Waals surface area contributed by atoms with Gasteiger partial charge in [0.1, 0.15) is 5.65 Å². The molecule has 0 aliphatic heterocycles. The molecule has 18 heavy (non-hydrogen) atoms. The first-order valence-corrected chi connectivity index (χ1v) is 6.49. The number of carbonyl (C=O) groups is 1. The van der Waals surface area contributed by atoms with E-state index in [9.17, 15) is 4.79 Å². The van der Waals surface area contributed by atoms with E-state index >= 15 is 0 Å². The van der Waals surface area contributed by atoms with Gasteiger partial charge in [-0.15, -0.1) is 0 Å². The smallest absolute Gasteiger partial charge is 0.226 e. The van der Waals surface area contributed by atoms with E-state index in [1.54, 1.807) is 6.20 Å². The number of rotatable bonds is 4. The standard InChI is InChI=1S/C14H15N3O/c18-13(14-6-10(14)7-14)16-5-3-9-8-17-12-11(9)2-1-4-15-12/h1-2,4,8,10H,3,5-7H2,(H,15,17)(H,16,18). The van der Waals surface area contributed by atoms with Crippen molar-refractivity contribution in [2.45, 2.75) is 19.3 Å². The highest BCUT2D eigenvalue weighted by Crippen LogP contribution is 2.75. The van der Waals surface area contributed by atoms with Gasteiger partial charge in [-0.25, -0.2) is 4.98 Å². The van der Waals surface area contributed by atoms with Crippen molar-refractivity contribution in [1.29, 1.82) is 0 Å². The maximum atomic E-state index is 11.8. The Morgan fingerprint density at radius 2 is 2.39 bits per heavy atom. The van der Waals surface area contributed by atoms with E-state index in [1.165, 1.54) is 5.56 Å². The first kappa shape index (κ1) is 10.1. The number of H-pyrrole nitrogens is 1. The second-order valence-electron chi connectivity index (χ2n) is 5.48. The van der Waals surface area contributed by atoms with Crippen LogP contribution >= 0.6 is 0 Å². The zero-order valence-electron chi connectivity index (χ0n) is 10.1. The van der Waals surface area contributed by atoms with Crippen LogP contribution in [0.4, 0.5) is 0 Å². The zero-order valence-corrected chi connectivity index (χ0v) is 10.1. The summed E-state index contributed by atoms with van der Waals surface area (Å²) >= 11 is 0. The highest BCUT2D eigenvalue weighted by Gasteiger charge is 2.74. The van der Waals surface area contributed by atoms with E-state index < -0.39 is 0 Å². The topological polar surface area (TPSA) is 57.8 Å². The molecule has 92 valence electrons. The Kier molecular flexibility index (Phi) is 1.88. The van der Waals surface area contributed by atoms with Gasteiger partial charge in [0.15, 0.2) is 0 Å². The lowest BCUT2D eigenvalue weighted by Crippen LogP contribution is -2.29. The van der Waals surface area contributed by atoms with E-state index in [0.717, 1.165) is 42.8 Å². The highest BCUT2D eigenvalue weighted by atomic mass is 16.2. The molecule has 2 aromatic heterocycles. The third-order valence-electron chi connectivity index (χ3n) is 4.35. The lowest BCUT2D eigenvalue weighted by Gasteiger charge is -2.06. The molecule has 2 aliphatic carbocycles. The van der Waals surface area contributed by atoms with Crippen molar-refractivity contribution in [3.05, 3.63) is 30.1 Å². The number of aromatic nitrogens is 2. The van der Waals surface area contributed by atoms with E-state index in [4.69, 9.17) is 0 Å². The van der Waals surface area contributed by atoms with Crippen LogP contribution in [-0.4, -0.2) is 22.4 Å². The second-order valence-corrected chi connectivity index (χ2v) is 5.48. The molecule has 0 unspecified atom stereocenters. The zero-order chi connectivity index (χ0) is 12.2. The molecule has 0 spiro atoms. The third-order valence-corrected chi connectivity index (χ3v) is 4.35. The van der Waals surface area contributed by atoms with E-state index in [2.05, 4.69) is 21.4 Å². The Morgan fingerprint density at radius 3 is 3.17 bits per heavy atom. The summed E-state index contributed by atoms with van der Waals surface area (Å²) in [4.78, 5) is 19.2. The summed E-state index contributed by atoms with van der Waals surface area (Å²) < 4.78 is 0. The summed E-state index contributed by atoms with van der Waals surface area (Å²) in [6.45, 7) is 0.717. The Bertz CT molecular complexity index is 625. The molecule has 2 aliphatic rings. The molecule has 2 fully saturated rings. The van der Waals surface area contributed by atoms with Crippen molar-refractivity contribution in [3.8, 4) is 0 Å². The molecule has 0 bridgehead atoms. The van der Waals surface area contributed by atoms with Gasteiger partial charge >= 0.3 is 0 Å². The summed E-state index contributed by atoms with van der Waals surface area (Å²) in [5, 5.41) is 4.21. The maximum Gasteiger partial charge on any atom is 0.226 e. The van der Waals surface area contributed by atoms with Crippen LogP contribution in [-0.2, 0) is 11.2 Å². The van der Waals surface area contributed by atoms with Gasteiger partial charge < -0.3 is 10.3 Å². The molecule has 4 nitrogen and oxygen atoms in total. The number of nitrogens with one attached hydrogen (secondary N) is 2. The van der Waals surface area contributed by atoms with Gasteiger partial charge in [-0.1, -0.05) is 0 Å². The number of nitrogens with zero attached hydrogens (tertiary/aromatic N) is 1. The van der Waals surface area contributed by atoms with Crippen LogP contribution in [0.5, 0.6) is 0 Å². The van der Waals surface area contributed by atoms with Gasteiger partial charge in [-0.05, 0) is 42.9 Å². The maximum absolute atomic E-state index is 11.8. The average Bonchev–Trinajstić information content (AvgIpc) is 3.20. The van der Waals surface area contributed by atoms with Crippen LogP contribution in [0.15, 0.2) is 24.5 Å². The lowest BCUT2D eigenvalue weighted by atomic mass is 10.1. The van der Waals surface area contributed by atoms with Crippen molar-refractivity contribution in [2.24, 2.45) is 11.3 Å². The van der Waals surface area contributed by atoms with E-state index in [0.29, 0.717) is 0 Å². The minimum atomic E-state index is 0.0851. The van der Waals surface area contributed by atoms with Crippen LogP contribution in [0, 0.1) is 11.3 Å². The Morgan fingerprint density at radius 1 is 1.56 bits per heavy atom. The Hall–Kier alpha value is -1.84. The molecule has 2 saturated carbocycles. The SMILES string of the molecule is O=C(NCCc1c[nH]c2ncccc12)C12CC1C2.